The molecule has 2 heterocycles. The summed E-state index contributed by atoms with van der Waals surface area (Å²) in [5, 5.41) is 0. The monoisotopic (exact) mass is 416 g/mol. The first-order valence-electron chi connectivity index (χ1n) is 10.7. The Labute approximate surface area is 182 Å². The molecule has 0 fully saturated rings. The van der Waals surface area contributed by atoms with Crippen LogP contribution in [0.15, 0.2) is 60.8 Å². The molecule has 31 heavy (non-hydrogen) atoms. The first-order chi connectivity index (χ1) is 14.9. The zero-order valence-corrected chi connectivity index (χ0v) is 18.5. The van der Waals surface area contributed by atoms with Crippen LogP contribution in [-0.4, -0.2) is 32.6 Å². The summed E-state index contributed by atoms with van der Waals surface area (Å²) >= 11 is 0. The van der Waals surface area contributed by atoms with Crippen molar-refractivity contribution in [3.05, 3.63) is 60.8 Å². The van der Waals surface area contributed by atoms with Crippen molar-refractivity contribution < 1.29 is 9.53 Å². The van der Waals surface area contributed by atoms with Crippen LogP contribution in [0.2, 0.25) is 0 Å². The molecule has 0 saturated carbocycles. The fourth-order valence-electron chi connectivity index (χ4n) is 3.58. The molecule has 0 unspecified atom stereocenters. The third-order valence-corrected chi connectivity index (χ3v) is 5.03. The number of hydrogen-bond acceptors (Lipinski definition) is 4. The minimum Gasteiger partial charge on any atom is -0.443 e. The summed E-state index contributed by atoms with van der Waals surface area (Å²) < 4.78 is 7.69. The fraction of sp³-hybridized carbons (Fsp3) is 0.320. The van der Waals surface area contributed by atoms with Gasteiger partial charge in [0.25, 0.3) is 0 Å². The summed E-state index contributed by atoms with van der Waals surface area (Å²) in [6.45, 7) is 8.39. The molecular weight excluding hydrogens is 388 g/mol. The van der Waals surface area contributed by atoms with Crippen LogP contribution < -0.4 is 4.90 Å². The third kappa shape index (κ3) is 4.38. The highest BCUT2D eigenvalue weighted by molar-refractivity contribution is 5.88. The molecule has 4 aromatic rings. The molecule has 1 amide bonds. The molecule has 0 bridgehead atoms. The lowest BCUT2D eigenvalue weighted by Gasteiger charge is -2.27. The molecule has 0 aliphatic carbocycles. The molecule has 0 spiro atoms. The number of carbonyl (C=O) groups excluding carboxylic acids is 1. The number of aromatic nitrogens is 3. The van der Waals surface area contributed by atoms with E-state index in [4.69, 9.17) is 4.74 Å². The quantitative estimate of drug-likeness (QED) is 0.395. The Bertz CT molecular complexity index is 1210. The van der Waals surface area contributed by atoms with Crippen LogP contribution in [0.3, 0.4) is 0 Å². The predicted molar refractivity (Wildman–Crippen MR) is 124 cm³/mol. The number of fused-ring (bicyclic) bond motifs is 3. The zero-order chi connectivity index (χ0) is 22.0. The van der Waals surface area contributed by atoms with Gasteiger partial charge in [-0.3, -0.25) is 9.30 Å². The summed E-state index contributed by atoms with van der Waals surface area (Å²) in [6.07, 6.45) is 3.37. The smallest absolute Gasteiger partial charge is 0.414 e. The van der Waals surface area contributed by atoms with Crippen molar-refractivity contribution in [2.45, 2.75) is 46.1 Å². The van der Waals surface area contributed by atoms with Crippen LogP contribution in [0.4, 0.5) is 10.5 Å². The van der Waals surface area contributed by atoms with Crippen LogP contribution in [0.1, 0.15) is 40.5 Å². The zero-order valence-electron chi connectivity index (χ0n) is 18.5. The van der Waals surface area contributed by atoms with Gasteiger partial charge in [0.2, 0.25) is 5.78 Å². The maximum Gasteiger partial charge on any atom is 0.414 e. The SMILES string of the molecule is CCCCN(C(=O)OC(C)(C)C)c1ccc(-c2ccnc3nc4ccccc4n23)cc1. The lowest BCUT2D eigenvalue weighted by Crippen LogP contribution is -2.37. The van der Waals surface area contributed by atoms with E-state index >= 15 is 0 Å². The molecule has 4 rings (SSSR count). The maximum atomic E-state index is 12.8. The van der Waals surface area contributed by atoms with Crippen molar-refractivity contribution in [2.75, 3.05) is 11.4 Å². The summed E-state index contributed by atoms with van der Waals surface area (Å²) in [5.41, 5.74) is 4.25. The number of hydrogen-bond donors (Lipinski definition) is 0. The van der Waals surface area contributed by atoms with E-state index in [-0.39, 0.29) is 6.09 Å². The number of unbranched alkanes of at least 4 members (excludes halogenated alkanes) is 1. The third-order valence-electron chi connectivity index (χ3n) is 5.03. The van der Waals surface area contributed by atoms with Crippen molar-refractivity contribution in [1.29, 1.82) is 0 Å². The van der Waals surface area contributed by atoms with Gasteiger partial charge < -0.3 is 4.74 Å². The number of carbonyl (C=O) groups is 1. The van der Waals surface area contributed by atoms with Crippen molar-refractivity contribution in [3.8, 4) is 11.3 Å². The van der Waals surface area contributed by atoms with E-state index in [1.807, 2.05) is 75.4 Å². The van der Waals surface area contributed by atoms with Crippen molar-refractivity contribution in [1.82, 2.24) is 14.4 Å². The highest BCUT2D eigenvalue weighted by Crippen LogP contribution is 2.27. The normalized spacial score (nSPS) is 11.7. The Hall–Kier alpha value is -3.41. The Balaban J connectivity index is 1.71. The first kappa shape index (κ1) is 20.8. The second-order valence-corrected chi connectivity index (χ2v) is 8.60. The van der Waals surface area contributed by atoms with Gasteiger partial charge in [0.15, 0.2) is 0 Å². The van der Waals surface area contributed by atoms with Crippen LogP contribution in [0.25, 0.3) is 28.1 Å². The summed E-state index contributed by atoms with van der Waals surface area (Å²) in [5.74, 6) is 0.668. The van der Waals surface area contributed by atoms with E-state index in [0.717, 1.165) is 40.8 Å². The summed E-state index contributed by atoms with van der Waals surface area (Å²) in [6, 6.07) is 18.0. The van der Waals surface area contributed by atoms with Gasteiger partial charge in [-0.25, -0.2) is 14.8 Å². The van der Waals surface area contributed by atoms with E-state index in [9.17, 15) is 4.79 Å². The van der Waals surface area contributed by atoms with Crippen molar-refractivity contribution >= 4 is 28.6 Å². The van der Waals surface area contributed by atoms with Gasteiger partial charge in [0.05, 0.1) is 16.7 Å². The number of imidazole rings is 1. The lowest BCUT2D eigenvalue weighted by atomic mass is 10.1. The van der Waals surface area contributed by atoms with Gasteiger partial charge in [0, 0.05) is 18.4 Å². The molecule has 6 heteroatoms. The molecule has 2 aromatic carbocycles. The molecular formula is C25H28N4O2. The molecule has 0 saturated heterocycles. The highest BCUT2D eigenvalue weighted by atomic mass is 16.6. The minimum absolute atomic E-state index is 0.319. The molecule has 2 aromatic heterocycles. The van der Waals surface area contributed by atoms with Crippen LogP contribution >= 0.6 is 0 Å². The van der Waals surface area contributed by atoms with Gasteiger partial charge in [-0.15, -0.1) is 0 Å². The molecule has 0 atom stereocenters. The van der Waals surface area contributed by atoms with Gasteiger partial charge in [0.1, 0.15) is 5.60 Å². The summed E-state index contributed by atoms with van der Waals surface area (Å²) in [7, 11) is 0. The molecule has 6 nitrogen and oxygen atoms in total. The molecule has 0 aliphatic heterocycles. The van der Waals surface area contributed by atoms with E-state index in [1.54, 1.807) is 11.1 Å². The fourth-order valence-corrected chi connectivity index (χ4v) is 3.58. The average Bonchev–Trinajstić information content (AvgIpc) is 3.12. The highest BCUT2D eigenvalue weighted by Gasteiger charge is 2.23. The second kappa shape index (κ2) is 8.38. The molecule has 160 valence electrons. The van der Waals surface area contributed by atoms with Crippen LogP contribution in [0.5, 0.6) is 0 Å². The topological polar surface area (TPSA) is 59.7 Å². The number of ether oxygens (including phenoxy) is 1. The number of amides is 1. The van der Waals surface area contributed by atoms with Crippen LogP contribution in [-0.2, 0) is 4.74 Å². The Morgan fingerprint density at radius 3 is 2.52 bits per heavy atom. The lowest BCUT2D eigenvalue weighted by molar-refractivity contribution is 0.0580. The van der Waals surface area contributed by atoms with Gasteiger partial charge in [-0.2, -0.15) is 0 Å². The standard InChI is InChI=1S/C25H28N4O2/c1-5-6-17-28(24(30)31-25(2,3)4)19-13-11-18(12-14-19)21-15-16-26-23-27-20-9-7-8-10-22(20)29(21)23/h7-16H,5-6,17H2,1-4H3. The number of benzene rings is 2. The largest absolute Gasteiger partial charge is 0.443 e. The van der Waals surface area contributed by atoms with E-state index in [2.05, 4.69) is 21.3 Å². The van der Waals surface area contributed by atoms with Gasteiger partial charge in [-0.1, -0.05) is 37.6 Å². The number of para-hydroxylation sites is 2. The average molecular weight is 417 g/mol. The van der Waals surface area contributed by atoms with Gasteiger partial charge >= 0.3 is 6.09 Å². The van der Waals surface area contributed by atoms with Crippen molar-refractivity contribution in [3.63, 3.8) is 0 Å². The summed E-state index contributed by atoms with van der Waals surface area (Å²) in [4.78, 5) is 23.5. The minimum atomic E-state index is -0.535. The van der Waals surface area contributed by atoms with E-state index in [1.165, 1.54) is 0 Å². The molecule has 0 aliphatic rings. The molecule has 0 radical (unpaired) electrons. The van der Waals surface area contributed by atoms with Crippen molar-refractivity contribution in [2.24, 2.45) is 0 Å². The predicted octanol–water partition coefficient (Wildman–Crippen LogP) is 6.09. The van der Waals surface area contributed by atoms with Gasteiger partial charge in [-0.05, 0) is 63.1 Å². The van der Waals surface area contributed by atoms with E-state index in [0.29, 0.717) is 12.3 Å². The number of rotatable bonds is 5. The number of anilines is 1. The Morgan fingerprint density at radius 1 is 1.06 bits per heavy atom. The Morgan fingerprint density at radius 2 is 1.81 bits per heavy atom. The number of nitrogens with zero attached hydrogens (tertiary/aromatic N) is 4. The van der Waals surface area contributed by atoms with Crippen LogP contribution in [0, 0.1) is 0 Å². The maximum absolute atomic E-state index is 12.8. The second-order valence-electron chi connectivity index (χ2n) is 8.60. The first-order valence-corrected chi connectivity index (χ1v) is 10.7. The Kier molecular flexibility index (Phi) is 5.63. The molecule has 0 N–H and O–H groups in total. The van der Waals surface area contributed by atoms with E-state index < -0.39 is 5.60 Å².